The van der Waals surface area contributed by atoms with Crippen molar-refractivity contribution >= 4 is 5.82 Å². The lowest BCUT2D eigenvalue weighted by molar-refractivity contribution is 0.0215. The van der Waals surface area contributed by atoms with Crippen molar-refractivity contribution in [3.05, 3.63) is 23.9 Å². The highest BCUT2D eigenvalue weighted by Crippen LogP contribution is 2.08. The molecule has 4 nitrogen and oxygen atoms in total. The lowest BCUT2D eigenvalue weighted by atomic mass is 10.3. The Kier molecular flexibility index (Phi) is 5.16. The van der Waals surface area contributed by atoms with E-state index in [-0.39, 0.29) is 6.61 Å². The molecular formula is C10H11F2N3O. The van der Waals surface area contributed by atoms with Crippen LogP contribution in [0.2, 0.25) is 0 Å². The summed E-state index contributed by atoms with van der Waals surface area (Å²) < 4.78 is 28.1. The first-order valence-electron chi connectivity index (χ1n) is 4.69. The molecule has 1 aromatic rings. The van der Waals surface area contributed by atoms with Gasteiger partial charge in [0.05, 0.1) is 12.2 Å². The fourth-order valence-corrected chi connectivity index (χ4v) is 1.05. The summed E-state index contributed by atoms with van der Waals surface area (Å²) in [5.41, 5.74) is 0.413. The van der Waals surface area contributed by atoms with Crippen LogP contribution in [0.5, 0.6) is 0 Å². The van der Waals surface area contributed by atoms with Gasteiger partial charge in [0, 0.05) is 12.7 Å². The second kappa shape index (κ2) is 6.69. The highest BCUT2D eigenvalue weighted by Gasteiger charge is 2.03. The summed E-state index contributed by atoms with van der Waals surface area (Å²) in [6.45, 7) is -0.0980. The van der Waals surface area contributed by atoms with Gasteiger partial charge in [0.1, 0.15) is 18.5 Å². The first-order valence-corrected chi connectivity index (χ1v) is 4.69. The lowest BCUT2D eigenvalue weighted by Gasteiger charge is -2.07. The minimum atomic E-state index is -2.45. The molecule has 0 aromatic carbocycles. The largest absolute Gasteiger partial charge is 0.374 e. The van der Waals surface area contributed by atoms with Gasteiger partial charge in [-0.05, 0) is 12.1 Å². The number of pyridine rings is 1. The predicted molar refractivity (Wildman–Crippen MR) is 54.3 cm³/mol. The number of nitriles is 1. The summed E-state index contributed by atoms with van der Waals surface area (Å²) in [4.78, 5) is 3.94. The Morgan fingerprint density at radius 2 is 2.38 bits per heavy atom. The van der Waals surface area contributed by atoms with Crippen molar-refractivity contribution in [2.75, 3.05) is 25.1 Å². The second-order valence-corrected chi connectivity index (χ2v) is 2.90. The van der Waals surface area contributed by atoms with Gasteiger partial charge in [0.2, 0.25) is 0 Å². The number of halogens is 2. The summed E-state index contributed by atoms with van der Waals surface area (Å²) in [6, 6.07) is 5.24. The fraction of sp³-hybridized carbons (Fsp3) is 0.400. The van der Waals surface area contributed by atoms with Crippen LogP contribution in [0, 0.1) is 11.3 Å². The van der Waals surface area contributed by atoms with Crippen molar-refractivity contribution in [3.8, 4) is 6.07 Å². The Morgan fingerprint density at radius 3 is 3.06 bits per heavy atom. The molecule has 0 saturated carbocycles. The normalized spacial score (nSPS) is 10.1. The molecule has 86 valence electrons. The lowest BCUT2D eigenvalue weighted by Crippen LogP contribution is -2.14. The van der Waals surface area contributed by atoms with Crippen LogP contribution in [0.15, 0.2) is 18.3 Å². The summed E-state index contributed by atoms with van der Waals surface area (Å²) in [7, 11) is 0. The Balaban J connectivity index is 2.30. The quantitative estimate of drug-likeness (QED) is 0.750. The van der Waals surface area contributed by atoms with Crippen molar-refractivity contribution < 1.29 is 13.5 Å². The van der Waals surface area contributed by atoms with E-state index in [1.807, 2.05) is 6.07 Å². The molecule has 0 aliphatic rings. The number of rotatable bonds is 6. The number of hydrogen-bond donors (Lipinski definition) is 1. The number of anilines is 1. The monoisotopic (exact) mass is 227 g/mol. The Labute approximate surface area is 91.9 Å². The molecule has 1 heterocycles. The first kappa shape index (κ1) is 12.3. The third-order valence-electron chi connectivity index (χ3n) is 1.71. The van der Waals surface area contributed by atoms with Gasteiger partial charge in [-0.3, -0.25) is 0 Å². The second-order valence-electron chi connectivity index (χ2n) is 2.90. The van der Waals surface area contributed by atoms with Gasteiger partial charge in [-0.15, -0.1) is 0 Å². The molecule has 1 aromatic heterocycles. The SMILES string of the molecule is N#Cc1cccnc1NCCOCC(F)F. The highest BCUT2D eigenvalue weighted by molar-refractivity contribution is 5.50. The number of ether oxygens (including phenoxy) is 1. The molecule has 0 aliphatic carbocycles. The van der Waals surface area contributed by atoms with Crippen LogP contribution in [0.25, 0.3) is 0 Å². The maximum atomic E-state index is 11.7. The van der Waals surface area contributed by atoms with Gasteiger partial charge in [0.25, 0.3) is 6.43 Å². The van der Waals surface area contributed by atoms with Crippen LogP contribution in [-0.4, -0.2) is 31.2 Å². The molecular weight excluding hydrogens is 216 g/mol. The summed E-state index contributed by atoms with van der Waals surface area (Å²) in [5.74, 6) is 0.436. The summed E-state index contributed by atoms with van der Waals surface area (Å²) in [5, 5.41) is 11.6. The maximum absolute atomic E-state index is 11.7. The standard InChI is InChI=1S/C10H11F2N3O/c11-9(12)7-16-5-4-15-10-8(6-13)2-1-3-14-10/h1-3,9H,4-5,7H2,(H,14,15). The number of nitrogens with zero attached hydrogens (tertiary/aromatic N) is 2. The molecule has 0 atom stereocenters. The third kappa shape index (κ3) is 4.19. The molecule has 0 spiro atoms. The number of nitrogens with one attached hydrogen (secondary N) is 1. The minimum absolute atomic E-state index is 0.145. The number of hydrogen-bond acceptors (Lipinski definition) is 4. The molecule has 1 N–H and O–H groups in total. The smallest absolute Gasteiger partial charge is 0.261 e. The molecule has 0 aliphatic heterocycles. The van der Waals surface area contributed by atoms with E-state index in [9.17, 15) is 8.78 Å². The average Bonchev–Trinajstić information content (AvgIpc) is 2.29. The van der Waals surface area contributed by atoms with Gasteiger partial charge < -0.3 is 10.1 Å². The Morgan fingerprint density at radius 1 is 1.56 bits per heavy atom. The van der Waals surface area contributed by atoms with Crippen LogP contribution >= 0.6 is 0 Å². The van der Waals surface area contributed by atoms with Gasteiger partial charge in [0.15, 0.2) is 0 Å². The first-order chi connectivity index (χ1) is 7.74. The van der Waals surface area contributed by atoms with Crippen molar-refractivity contribution in [1.29, 1.82) is 5.26 Å². The Hall–Kier alpha value is -1.74. The van der Waals surface area contributed by atoms with E-state index in [0.29, 0.717) is 17.9 Å². The molecule has 6 heteroatoms. The summed E-state index contributed by atoms with van der Waals surface area (Å²) >= 11 is 0. The van der Waals surface area contributed by atoms with E-state index in [4.69, 9.17) is 5.26 Å². The van der Waals surface area contributed by atoms with Crippen molar-refractivity contribution in [3.63, 3.8) is 0 Å². The molecule has 0 amide bonds. The van der Waals surface area contributed by atoms with Crippen molar-refractivity contribution in [1.82, 2.24) is 4.98 Å². The van der Waals surface area contributed by atoms with Gasteiger partial charge >= 0.3 is 0 Å². The van der Waals surface area contributed by atoms with E-state index in [1.54, 1.807) is 18.3 Å². The average molecular weight is 227 g/mol. The molecule has 16 heavy (non-hydrogen) atoms. The number of aromatic nitrogens is 1. The predicted octanol–water partition coefficient (Wildman–Crippen LogP) is 1.65. The van der Waals surface area contributed by atoms with Gasteiger partial charge in [-0.2, -0.15) is 5.26 Å². The summed E-state index contributed by atoms with van der Waals surface area (Å²) in [6.07, 6.45) is -0.909. The van der Waals surface area contributed by atoms with Gasteiger partial charge in [-0.25, -0.2) is 13.8 Å². The fourth-order valence-electron chi connectivity index (χ4n) is 1.05. The minimum Gasteiger partial charge on any atom is -0.374 e. The van der Waals surface area contributed by atoms with Crippen LogP contribution in [0.3, 0.4) is 0 Å². The molecule has 0 radical (unpaired) electrons. The van der Waals surface area contributed by atoms with Crippen LogP contribution < -0.4 is 5.32 Å². The molecule has 0 saturated heterocycles. The zero-order valence-electron chi connectivity index (χ0n) is 8.49. The van der Waals surface area contributed by atoms with Crippen LogP contribution in [0.1, 0.15) is 5.56 Å². The van der Waals surface area contributed by atoms with Crippen LogP contribution in [-0.2, 0) is 4.74 Å². The molecule has 1 rings (SSSR count). The van der Waals surface area contributed by atoms with E-state index in [0.717, 1.165) is 0 Å². The molecule has 0 bridgehead atoms. The van der Waals surface area contributed by atoms with E-state index < -0.39 is 13.0 Å². The zero-order chi connectivity index (χ0) is 11.8. The van der Waals surface area contributed by atoms with E-state index in [1.165, 1.54) is 0 Å². The van der Waals surface area contributed by atoms with Crippen molar-refractivity contribution in [2.24, 2.45) is 0 Å². The molecule has 0 unspecified atom stereocenters. The topological polar surface area (TPSA) is 57.9 Å². The van der Waals surface area contributed by atoms with E-state index in [2.05, 4.69) is 15.0 Å². The van der Waals surface area contributed by atoms with Crippen molar-refractivity contribution in [2.45, 2.75) is 6.43 Å². The van der Waals surface area contributed by atoms with Gasteiger partial charge in [-0.1, -0.05) is 0 Å². The molecule has 0 fully saturated rings. The highest BCUT2D eigenvalue weighted by atomic mass is 19.3. The van der Waals surface area contributed by atoms with Crippen LogP contribution in [0.4, 0.5) is 14.6 Å². The zero-order valence-corrected chi connectivity index (χ0v) is 8.49. The maximum Gasteiger partial charge on any atom is 0.261 e. The Bertz CT molecular complexity index is 365. The van der Waals surface area contributed by atoms with E-state index >= 15 is 0 Å². The number of alkyl halides is 2. The third-order valence-corrected chi connectivity index (χ3v) is 1.71.